The summed E-state index contributed by atoms with van der Waals surface area (Å²) in [4.78, 5) is 24.4. The summed E-state index contributed by atoms with van der Waals surface area (Å²) < 4.78 is 11.4. The lowest BCUT2D eigenvalue weighted by Gasteiger charge is -2.10. The van der Waals surface area contributed by atoms with Gasteiger partial charge in [0.15, 0.2) is 0 Å². The first-order valence-electron chi connectivity index (χ1n) is 8.22. The van der Waals surface area contributed by atoms with E-state index in [9.17, 15) is 9.59 Å². The molecular formula is C19H21BrN2O4. The molecule has 2 amide bonds. The molecule has 2 aromatic rings. The Bertz CT molecular complexity index is 780. The highest BCUT2D eigenvalue weighted by molar-refractivity contribution is 9.10. The molecule has 0 spiro atoms. The molecule has 0 atom stereocenters. The Balaban J connectivity index is 1.94. The number of amides is 2. The number of ether oxygens (including phenoxy) is 2. The molecule has 0 aliphatic heterocycles. The lowest BCUT2D eigenvalue weighted by molar-refractivity contribution is 0.0846. The largest absolute Gasteiger partial charge is 0.496 e. The molecule has 138 valence electrons. The van der Waals surface area contributed by atoms with Gasteiger partial charge in [0.25, 0.3) is 11.8 Å². The van der Waals surface area contributed by atoms with E-state index in [0.29, 0.717) is 33.7 Å². The average molecular weight is 421 g/mol. The summed E-state index contributed by atoms with van der Waals surface area (Å²) in [6, 6.07) is 11.7. The molecule has 2 rings (SSSR count). The molecule has 2 aromatic carbocycles. The summed E-state index contributed by atoms with van der Waals surface area (Å²) in [7, 11) is 1.54. The van der Waals surface area contributed by atoms with Gasteiger partial charge in [0.2, 0.25) is 0 Å². The highest BCUT2D eigenvalue weighted by Gasteiger charge is 2.11. The number of carbonyl (C=O) groups excluding carboxylic acids is 2. The molecule has 26 heavy (non-hydrogen) atoms. The fraction of sp³-hybridized carbons (Fsp3) is 0.263. The van der Waals surface area contributed by atoms with Crippen molar-refractivity contribution in [2.45, 2.75) is 19.8 Å². The summed E-state index contributed by atoms with van der Waals surface area (Å²) in [6.07, 6.45) is 1.98. The topological polar surface area (TPSA) is 76.7 Å². The van der Waals surface area contributed by atoms with Crippen molar-refractivity contribution in [3.05, 3.63) is 58.1 Å². The molecule has 0 saturated heterocycles. The zero-order valence-electron chi connectivity index (χ0n) is 14.7. The Morgan fingerprint density at radius 2 is 1.73 bits per heavy atom. The first-order chi connectivity index (χ1) is 12.5. The maximum atomic E-state index is 12.2. The van der Waals surface area contributed by atoms with Gasteiger partial charge in [-0.3, -0.25) is 20.4 Å². The van der Waals surface area contributed by atoms with Gasteiger partial charge in [-0.1, -0.05) is 19.4 Å². The predicted octanol–water partition coefficient (Wildman–Crippen LogP) is 3.71. The molecule has 7 heteroatoms. The standard InChI is InChI=1S/C19H21BrN2O4/c1-3-4-10-26-15-7-5-6-13(11-15)18(23)21-22-19(24)14-8-9-17(25-2)16(20)12-14/h5-9,11-12H,3-4,10H2,1-2H3,(H,21,23)(H,22,24). The van der Waals surface area contributed by atoms with E-state index < -0.39 is 11.8 Å². The number of halogens is 1. The molecule has 0 bridgehead atoms. The minimum Gasteiger partial charge on any atom is -0.496 e. The monoisotopic (exact) mass is 420 g/mol. The van der Waals surface area contributed by atoms with E-state index in [1.807, 2.05) is 0 Å². The highest BCUT2D eigenvalue weighted by atomic mass is 79.9. The van der Waals surface area contributed by atoms with Gasteiger partial charge in [-0.15, -0.1) is 0 Å². The van der Waals surface area contributed by atoms with Crippen LogP contribution in [0.25, 0.3) is 0 Å². The summed E-state index contributed by atoms with van der Waals surface area (Å²) in [6.45, 7) is 2.68. The number of hydrogen-bond acceptors (Lipinski definition) is 4. The van der Waals surface area contributed by atoms with E-state index in [4.69, 9.17) is 9.47 Å². The number of hydrazine groups is 1. The van der Waals surface area contributed by atoms with Crippen molar-refractivity contribution in [3.63, 3.8) is 0 Å². The van der Waals surface area contributed by atoms with Crippen molar-refractivity contribution in [2.24, 2.45) is 0 Å². The maximum Gasteiger partial charge on any atom is 0.269 e. The average Bonchev–Trinajstić information content (AvgIpc) is 2.66. The normalized spacial score (nSPS) is 10.1. The van der Waals surface area contributed by atoms with Gasteiger partial charge >= 0.3 is 0 Å². The molecule has 0 aliphatic rings. The van der Waals surface area contributed by atoms with E-state index in [1.54, 1.807) is 49.6 Å². The third-order valence-electron chi connectivity index (χ3n) is 3.57. The van der Waals surface area contributed by atoms with Crippen LogP contribution in [0.5, 0.6) is 11.5 Å². The van der Waals surface area contributed by atoms with Gasteiger partial charge < -0.3 is 9.47 Å². The van der Waals surface area contributed by atoms with E-state index in [0.717, 1.165) is 12.8 Å². The van der Waals surface area contributed by atoms with Crippen molar-refractivity contribution < 1.29 is 19.1 Å². The van der Waals surface area contributed by atoms with Gasteiger partial charge in [-0.05, 0) is 58.7 Å². The molecule has 0 heterocycles. The fourth-order valence-electron chi connectivity index (χ4n) is 2.13. The van der Waals surface area contributed by atoms with Crippen molar-refractivity contribution in [1.29, 1.82) is 0 Å². The third-order valence-corrected chi connectivity index (χ3v) is 4.19. The molecule has 0 saturated carbocycles. The SMILES string of the molecule is CCCCOc1cccc(C(=O)NNC(=O)c2ccc(OC)c(Br)c2)c1. The van der Waals surface area contributed by atoms with Crippen LogP contribution in [0.2, 0.25) is 0 Å². The predicted molar refractivity (Wildman–Crippen MR) is 102 cm³/mol. The quantitative estimate of drug-likeness (QED) is 0.528. The van der Waals surface area contributed by atoms with Crippen LogP contribution in [0.3, 0.4) is 0 Å². The van der Waals surface area contributed by atoms with Crippen molar-refractivity contribution in [2.75, 3.05) is 13.7 Å². The molecule has 0 fully saturated rings. The molecule has 0 aromatic heterocycles. The third kappa shape index (κ3) is 5.49. The Kier molecular flexibility index (Phi) is 7.47. The fourth-order valence-corrected chi connectivity index (χ4v) is 2.67. The molecular weight excluding hydrogens is 400 g/mol. The molecule has 0 unspecified atom stereocenters. The molecule has 2 N–H and O–H groups in total. The van der Waals surface area contributed by atoms with Crippen LogP contribution < -0.4 is 20.3 Å². The second-order valence-corrected chi connectivity index (χ2v) is 6.34. The van der Waals surface area contributed by atoms with Gasteiger partial charge in [-0.25, -0.2) is 0 Å². The smallest absolute Gasteiger partial charge is 0.269 e. The van der Waals surface area contributed by atoms with Crippen LogP contribution in [0, 0.1) is 0 Å². The maximum absolute atomic E-state index is 12.2. The lowest BCUT2D eigenvalue weighted by atomic mass is 10.2. The Morgan fingerprint density at radius 3 is 2.35 bits per heavy atom. The van der Waals surface area contributed by atoms with E-state index in [-0.39, 0.29) is 0 Å². The lowest BCUT2D eigenvalue weighted by Crippen LogP contribution is -2.41. The number of nitrogens with one attached hydrogen (secondary N) is 2. The second-order valence-electron chi connectivity index (χ2n) is 5.49. The van der Waals surface area contributed by atoms with Gasteiger partial charge in [0, 0.05) is 11.1 Å². The zero-order chi connectivity index (χ0) is 18.9. The number of rotatable bonds is 7. The van der Waals surface area contributed by atoms with Crippen molar-refractivity contribution in [1.82, 2.24) is 10.9 Å². The zero-order valence-corrected chi connectivity index (χ0v) is 16.3. The molecule has 6 nitrogen and oxygen atoms in total. The summed E-state index contributed by atoms with van der Waals surface area (Å²) in [5.74, 6) is 0.380. The van der Waals surface area contributed by atoms with Crippen LogP contribution >= 0.6 is 15.9 Å². The van der Waals surface area contributed by atoms with Crippen molar-refractivity contribution in [3.8, 4) is 11.5 Å². The van der Waals surface area contributed by atoms with Gasteiger partial charge in [0.05, 0.1) is 18.2 Å². The Morgan fingerprint density at radius 1 is 1.04 bits per heavy atom. The number of methoxy groups -OCH3 is 1. The molecule has 0 radical (unpaired) electrons. The first kappa shape index (κ1) is 19.8. The van der Waals surface area contributed by atoms with Gasteiger partial charge in [-0.2, -0.15) is 0 Å². The summed E-state index contributed by atoms with van der Waals surface area (Å²) >= 11 is 3.32. The summed E-state index contributed by atoms with van der Waals surface area (Å²) in [5, 5.41) is 0. The van der Waals surface area contributed by atoms with Crippen LogP contribution in [0.1, 0.15) is 40.5 Å². The molecule has 0 aliphatic carbocycles. The Hall–Kier alpha value is -2.54. The first-order valence-corrected chi connectivity index (χ1v) is 9.01. The van der Waals surface area contributed by atoms with E-state index in [2.05, 4.69) is 33.7 Å². The van der Waals surface area contributed by atoms with Crippen LogP contribution in [0.4, 0.5) is 0 Å². The van der Waals surface area contributed by atoms with E-state index >= 15 is 0 Å². The van der Waals surface area contributed by atoms with Gasteiger partial charge in [0.1, 0.15) is 11.5 Å². The highest BCUT2D eigenvalue weighted by Crippen LogP contribution is 2.25. The summed E-state index contributed by atoms with van der Waals surface area (Å²) in [5.41, 5.74) is 5.57. The number of benzene rings is 2. The van der Waals surface area contributed by atoms with Crippen molar-refractivity contribution >= 4 is 27.7 Å². The second kappa shape index (κ2) is 9.82. The van der Waals surface area contributed by atoms with E-state index in [1.165, 1.54) is 0 Å². The number of carbonyl (C=O) groups is 2. The van der Waals surface area contributed by atoms with Crippen LogP contribution in [-0.4, -0.2) is 25.5 Å². The number of hydrogen-bond donors (Lipinski definition) is 2. The minimum absolute atomic E-state index is 0.384. The van der Waals surface area contributed by atoms with Crippen LogP contribution in [0.15, 0.2) is 46.9 Å². The van der Waals surface area contributed by atoms with Crippen LogP contribution in [-0.2, 0) is 0 Å². The Labute approximate surface area is 161 Å². The minimum atomic E-state index is -0.433. The number of unbranched alkanes of at least 4 members (excludes halogenated alkanes) is 1.